The SMILES string of the molecule is c1ccc(-c2ccc3cc(-c4ccc5nc(-c6ccccc6)c(-c6ccc7sc8ccccc8c7c6)nc5c4)c4ccc(-c5ccccc5)nc4c3n2)cc1. The van der Waals surface area contributed by atoms with E-state index in [-0.39, 0.29) is 0 Å². The molecule has 0 aliphatic heterocycles. The first-order valence-electron chi connectivity index (χ1n) is 18.4. The molecule has 7 aromatic carbocycles. The Hall–Kier alpha value is -7.08. The third-order valence-electron chi connectivity index (χ3n) is 10.4. The topological polar surface area (TPSA) is 51.6 Å². The van der Waals surface area contributed by atoms with Gasteiger partial charge in [0.2, 0.25) is 0 Å². The molecule has 0 radical (unpaired) electrons. The molecule has 0 saturated carbocycles. The van der Waals surface area contributed by atoms with Crippen LogP contribution in [0, 0.1) is 0 Å². The predicted molar refractivity (Wildman–Crippen MR) is 230 cm³/mol. The highest BCUT2D eigenvalue weighted by molar-refractivity contribution is 7.25. The molecular weight excluding hydrogens is 689 g/mol. The van der Waals surface area contributed by atoms with Crippen molar-refractivity contribution in [3.63, 3.8) is 0 Å². The van der Waals surface area contributed by atoms with Crippen LogP contribution in [0.25, 0.3) is 109 Å². The molecule has 0 aliphatic carbocycles. The van der Waals surface area contributed by atoms with E-state index in [0.29, 0.717) is 0 Å². The monoisotopic (exact) mass is 718 g/mol. The molecule has 4 nitrogen and oxygen atoms in total. The minimum atomic E-state index is 0.835. The van der Waals surface area contributed by atoms with Crippen LogP contribution >= 0.6 is 11.3 Å². The number of hydrogen-bond acceptors (Lipinski definition) is 5. The highest BCUT2D eigenvalue weighted by Gasteiger charge is 2.18. The zero-order valence-electron chi connectivity index (χ0n) is 29.5. The molecular formula is C50H30N4S. The average Bonchev–Trinajstić information content (AvgIpc) is 3.64. The number of fused-ring (bicyclic) bond motifs is 7. The second kappa shape index (κ2) is 12.8. The van der Waals surface area contributed by atoms with Gasteiger partial charge in [-0.1, -0.05) is 127 Å². The maximum absolute atomic E-state index is 5.43. The van der Waals surface area contributed by atoms with Gasteiger partial charge in [0.25, 0.3) is 0 Å². The fourth-order valence-electron chi connectivity index (χ4n) is 7.74. The highest BCUT2D eigenvalue weighted by Crippen LogP contribution is 2.40. The van der Waals surface area contributed by atoms with Crippen molar-refractivity contribution >= 4 is 64.3 Å². The van der Waals surface area contributed by atoms with Crippen molar-refractivity contribution in [1.82, 2.24) is 19.9 Å². The molecule has 0 aliphatic rings. The summed E-state index contributed by atoms with van der Waals surface area (Å²) in [4.78, 5) is 21.3. The molecule has 0 amide bonds. The second-order valence-electron chi connectivity index (χ2n) is 13.8. The van der Waals surface area contributed by atoms with E-state index in [9.17, 15) is 0 Å². The molecule has 0 unspecified atom stereocenters. The lowest BCUT2D eigenvalue weighted by Gasteiger charge is -2.14. The summed E-state index contributed by atoms with van der Waals surface area (Å²) < 4.78 is 2.55. The number of aromatic nitrogens is 4. The lowest BCUT2D eigenvalue weighted by atomic mass is 9.96. The summed E-state index contributed by atoms with van der Waals surface area (Å²) in [5.74, 6) is 0. The molecule has 256 valence electrons. The van der Waals surface area contributed by atoms with E-state index in [1.54, 1.807) is 0 Å². The van der Waals surface area contributed by atoms with Crippen LogP contribution in [0.15, 0.2) is 182 Å². The summed E-state index contributed by atoms with van der Waals surface area (Å²) >= 11 is 1.82. The third kappa shape index (κ3) is 5.44. The molecule has 11 aromatic rings. The van der Waals surface area contributed by atoms with Gasteiger partial charge in [0, 0.05) is 53.2 Å². The molecule has 4 aromatic heterocycles. The minimum Gasteiger partial charge on any atom is -0.245 e. The van der Waals surface area contributed by atoms with E-state index in [1.807, 2.05) is 41.7 Å². The molecule has 4 heterocycles. The summed E-state index contributed by atoms with van der Waals surface area (Å²) in [5.41, 5.74) is 13.3. The predicted octanol–water partition coefficient (Wildman–Crippen LogP) is 13.4. The number of thiophene rings is 1. The third-order valence-corrected chi connectivity index (χ3v) is 11.6. The summed E-state index contributed by atoms with van der Waals surface area (Å²) in [5, 5.41) is 4.57. The fourth-order valence-corrected chi connectivity index (χ4v) is 8.82. The number of benzene rings is 7. The lowest BCUT2D eigenvalue weighted by Crippen LogP contribution is -1.96. The normalized spacial score (nSPS) is 11.6. The van der Waals surface area contributed by atoms with Gasteiger partial charge in [0.15, 0.2) is 0 Å². The van der Waals surface area contributed by atoms with E-state index in [1.165, 1.54) is 20.2 Å². The van der Waals surface area contributed by atoms with Gasteiger partial charge in [0.05, 0.1) is 44.8 Å². The first kappa shape index (κ1) is 31.4. The molecule has 0 bridgehead atoms. The van der Waals surface area contributed by atoms with Crippen LogP contribution in [0.5, 0.6) is 0 Å². The first-order chi connectivity index (χ1) is 27.2. The smallest absolute Gasteiger partial charge is 0.0978 e. The summed E-state index contributed by atoms with van der Waals surface area (Å²) in [6.07, 6.45) is 0. The van der Waals surface area contributed by atoms with Gasteiger partial charge in [-0.15, -0.1) is 11.3 Å². The van der Waals surface area contributed by atoms with Crippen molar-refractivity contribution < 1.29 is 0 Å². The Bertz CT molecular complexity index is 3250. The van der Waals surface area contributed by atoms with Gasteiger partial charge in [0.1, 0.15) is 0 Å². The molecule has 55 heavy (non-hydrogen) atoms. The zero-order valence-corrected chi connectivity index (χ0v) is 30.3. The van der Waals surface area contributed by atoms with Crippen LogP contribution in [-0.2, 0) is 0 Å². The summed E-state index contributed by atoms with van der Waals surface area (Å²) in [7, 11) is 0. The Labute approximate surface area is 321 Å². The number of nitrogens with zero attached hydrogens (tertiary/aromatic N) is 4. The molecule has 0 spiro atoms. The Balaban J connectivity index is 1.13. The molecule has 11 rings (SSSR count). The van der Waals surface area contributed by atoms with Gasteiger partial charge in [-0.3, -0.25) is 0 Å². The van der Waals surface area contributed by atoms with Crippen molar-refractivity contribution in [2.24, 2.45) is 0 Å². The van der Waals surface area contributed by atoms with Crippen LogP contribution < -0.4 is 0 Å². The van der Waals surface area contributed by atoms with Crippen LogP contribution in [0.2, 0.25) is 0 Å². The molecule has 0 N–H and O–H groups in total. The Morgan fingerprint density at radius 3 is 1.69 bits per heavy atom. The van der Waals surface area contributed by atoms with E-state index in [0.717, 1.165) is 89.0 Å². The molecule has 0 atom stereocenters. The first-order valence-corrected chi connectivity index (χ1v) is 19.2. The van der Waals surface area contributed by atoms with Crippen LogP contribution in [0.1, 0.15) is 0 Å². The van der Waals surface area contributed by atoms with Gasteiger partial charge >= 0.3 is 0 Å². The number of pyridine rings is 2. The largest absolute Gasteiger partial charge is 0.245 e. The Morgan fingerprint density at radius 1 is 0.327 bits per heavy atom. The Morgan fingerprint density at radius 2 is 0.927 bits per heavy atom. The zero-order chi connectivity index (χ0) is 36.3. The Kier molecular flexibility index (Phi) is 7.32. The molecule has 0 saturated heterocycles. The number of hydrogen-bond donors (Lipinski definition) is 0. The van der Waals surface area contributed by atoms with E-state index >= 15 is 0 Å². The minimum absolute atomic E-state index is 0.835. The second-order valence-corrected chi connectivity index (χ2v) is 14.9. The van der Waals surface area contributed by atoms with Crippen LogP contribution in [-0.4, -0.2) is 19.9 Å². The highest BCUT2D eigenvalue weighted by atomic mass is 32.1. The van der Waals surface area contributed by atoms with Gasteiger partial charge < -0.3 is 0 Å². The van der Waals surface area contributed by atoms with Gasteiger partial charge in [-0.05, 0) is 65.7 Å². The van der Waals surface area contributed by atoms with Gasteiger partial charge in [-0.2, -0.15) is 0 Å². The van der Waals surface area contributed by atoms with Crippen molar-refractivity contribution in [2.45, 2.75) is 0 Å². The van der Waals surface area contributed by atoms with Crippen molar-refractivity contribution in [3.8, 4) is 56.2 Å². The lowest BCUT2D eigenvalue weighted by molar-refractivity contribution is 1.29. The van der Waals surface area contributed by atoms with E-state index in [2.05, 4.69) is 152 Å². The number of rotatable bonds is 5. The maximum Gasteiger partial charge on any atom is 0.0978 e. The van der Waals surface area contributed by atoms with Crippen LogP contribution in [0.4, 0.5) is 0 Å². The maximum atomic E-state index is 5.43. The summed E-state index contributed by atoms with van der Waals surface area (Å²) in [6.45, 7) is 0. The fraction of sp³-hybridized carbons (Fsp3) is 0. The van der Waals surface area contributed by atoms with Crippen molar-refractivity contribution in [3.05, 3.63) is 182 Å². The standard InChI is InChI=1S/C50H30N4S/c1-4-12-31(13-5-1)41-24-21-35-28-39(38-23-26-42(32-14-6-2-7-15-32)52-50(38)49(35)51-41)34-20-25-43-44(30-34)54-48(47(53-43)33-16-8-3-9-17-33)36-22-27-46-40(29-36)37-18-10-11-19-45(37)55-46/h1-30H. The van der Waals surface area contributed by atoms with Crippen molar-refractivity contribution in [1.29, 1.82) is 0 Å². The quantitative estimate of drug-likeness (QED) is 0.166. The summed E-state index contributed by atoms with van der Waals surface area (Å²) in [6, 6.07) is 63.6. The molecule has 0 fully saturated rings. The van der Waals surface area contributed by atoms with Gasteiger partial charge in [-0.25, -0.2) is 19.9 Å². The van der Waals surface area contributed by atoms with Crippen molar-refractivity contribution in [2.75, 3.05) is 0 Å². The van der Waals surface area contributed by atoms with Crippen LogP contribution in [0.3, 0.4) is 0 Å². The van der Waals surface area contributed by atoms with E-state index < -0.39 is 0 Å². The average molecular weight is 719 g/mol. The molecule has 5 heteroatoms. The van der Waals surface area contributed by atoms with E-state index in [4.69, 9.17) is 19.9 Å².